The zero-order valence-corrected chi connectivity index (χ0v) is 13.0. The maximum absolute atomic E-state index is 11.5. The summed E-state index contributed by atoms with van der Waals surface area (Å²) < 4.78 is 1.58. The lowest BCUT2D eigenvalue weighted by Gasteiger charge is -2.08. The van der Waals surface area contributed by atoms with Gasteiger partial charge in [0.05, 0.1) is 5.69 Å². The van der Waals surface area contributed by atoms with Gasteiger partial charge in [0.2, 0.25) is 0 Å². The molecule has 3 aromatic rings. The number of hydrogen-bond donors (Lipinski definition) is 1. The number of rotatable bonds is 4. The molecule has 0 spiro atoms. The van der Waals surface area contributed by atoms with Gasteiger partial charge in [-0.05, 0) is 37.1 Å². The number of carbonyl (C=O) groups is 1. The van der Waals surface area contributed by atoms with Gasteiger partial charge in [-0.3, -0.25) is 0 Å². The Kier molecular flexibility index (Phi) is 3.93. The zero-order chi connectivity index (χ0) is 16.4. The van der Waals surface area contributed by atoms with Crippen molar-refractivity contribution in [3.8, 4) is 16.9 Å². The predicted molar refractivity (Wildman–Crippen MR) is 87.9 cm³/mol. The molecule has 0 aliphatic heterocycles. The van der Waals surface area contributed by atoms with Crippen molar-refractivity contribution < 1.29 is 9.90 Å². The minimum Gasteiger partial charge on any atom is -0.476 e. The fraction of sp³-hybridized carbons (Fsp3) is 0.167. The molecule has 3 rings (SSSR count). The second-order valence-electron chi connectivity index (χ2n) is 5.39. The molecule has 1 N–H and O–H groups in total. The Labute approximate surface area is 134 Å². The molecule has 1 aromatic heterocycles. The van der Waals surface area contributed by atoms with Gasteiger partial charge in [-0.1, -0.05) is 48.0 Å². The molecule has 0 aliphatic carbocycles. The van der Waals surface area contributed by atoms with Gasteiger partial charge in [0.1, 0.15) is 5.69 Å². The van der Waals surface area contributed by atoms with Crippen LogP contribution < -0.4 is 0 Å². The number of benzene rings is 2. The third kappa shape index (κ3) is 2.85. The Morgan fingerprint density at radius 2 is 1.91 bits per heavy atom. The first-order valence-corrected chi connectivity index (χ1v) is 7.45. The van der Waals surface area contributed by atoms with E-state index in [9.17, 15) is 9.90 Å². The third-order valence-corrected chi connectivity index (χ3v) is 3.75. The van der Waals surface area contributed by atoms with Crippen molar-refractivity contribution in [3.63, 3.8) is 0 Å². The molecule has 0 amide bonds. The summed E-state index contributed by atoms with van der Waals surface area (Å²) in [6.07, 6.45) is 0.947. The standard InChI is InChI=1S/C18H17N3O2/c1-3-13-7-9-15(10-8-13)21-17(16(18(22)23)19-20-21)14-6-4-5-12(2)11-14/h4-11H,3H2,1-2H3,(H,22,23). The van der Waals surface area contributed by atoms with Crippen LogP contribution in [0.5, 0.6) is 0 Å². The lowest BCUT2D eigenvalue weighted by atomic mass is 10.1. The van der Waals surface area contributed by atoms with Gasteiger partial charge < -0.3 is 5.11 Å². The molecule has 0 radical (unpaired) electrons. The minimum atomic E-state index is -1.09. The van der Waals surface area contributed by atoms with Crippen LogP contribution in [0.2, 0.25) is 0 Å². The van der Waals surface area contributed by atoms with Crippen LogP contribution in [0.4, 0.5) is 0 Å². The molecule has 1 heterocycles. The molecule has 5 nitrogen and oxygen atoms in total. The number of carboxylic acid groups (broad SMARTS) is 1. The first kappa shape index (κ1) is 15.0. The second kappa shape index (κ2) is 6.04. The van der Waals surface area contributed by atoms with E-state index in [-0.39, 0.29) is 5.69 Å². The van der Waals surface area contributed by atoms with E-state index in [1.165, 1.54) is 5.56 Å². The summed E-state index contributed by atoms with van der Waals surface area (Å²) >= 11 is 0. The molecule has 0 aliphatic rings. The molecule has 23 heavy (non-hydrogen) atoms. The van der Waals surface area contributed by atoms with E-state index in [2.05, 4.69) is 17.2 Å². The fourth-order valence-corrected chi connectivity index (χ4v) is 2.53. The molecule has 2 aromatic carbocycles. The molecule has 0 atom stereocenters. The van der Waals surface area contributed by atoms with E-state index < -0.39 is 5.97 Å². The van der Waals surface area contributed by atoms with Crippen molar-refractivity contribution in [1.82, 2.24) is 15.0 Å². The maximum Gasteiger partial charge on any atom is 0.358 e. The SMILES string of the molecule is CCc1ccc(-n2nnc(C(=O)O)c2-c2cccc(C)c2)cc1. The van der Waals surface area contributed by atoms with Gasteiger partial charge >= 0.3 is 5.97 Å². The summed E-state index contributed by atoms with van der Waals surface area (Å²) in [7, 11) is 0. The van der Waals surface area contributed by atoms with E-state index in [0.29, 0.717) is 5.69 Å². The molecule has 0 fully saturated rings. The van der Waals surface area contributed by atoms with Crippen molar-refractivity contribution in [2.75, 3.05) is 0 Å². The highest BCUT2D eigenvalue weighted by atomic mass is 16.4. The van der Waals surface area contributed by atoms with Gasteiger partial charge in [0.25, 0.3) is 0 Å². The molecule has 0 saturated heterocycles. The largest absolute Gasteiger partial charge is 0.476 e. The highest BCUT2D eigenvalue weighted by Crippen LogP contribution is 2.26. The van der Waals surface area contributed by atoms with E-state index in [0.717, 1.165) is 23.2 Å². The number of nitrogens with zero attached hydrogens (tertiary/aromatic N) is 3. The normalized spacial score (nSPS) is 10.7. The molecule has 0 unspecified atom stereocenters. The van der Waals surface area contributed by atoms with Crippen LogP contribution in [0.15, 0.2) is 48.5 Å². The Morgan fingerprint density at radius 1 is 1.17 bits per heavy atom. The molecule has 0 bridgehead atoms. The van der Waals surface area contributed by atoms with Crippen LogP contribution >= 0.6 is 0 Å². The topological polar surface area (TPSA) is 68.0 Å². The van der Waals surface area contributed by atoms with Gasteiger partial charge in [0.15, 0.2) is 5.69 Å². The van der Waals surface area contributed by atoms with Gasteiger partial charge in [-0.15, -0.1) is 5.10 Å². The van der Waals surface area contributed by atoms with E-state index >= 15 is 0 Å². The number of hydrogen-bond acceptors (Lipinski definition) is 3. The lowest BCUT2D eigenvalue weighted by molar-refractivity contribution is 0.0691. The van der Waals surface area contributed by atoms with Crippen LogP contribution in [0.1, 0.15) is 28.5 Å². The Hall–Kier alpha value is -2.95. The van der Waals surface area contributed by atoms with E-state index in [4.69, 9.17) is 0 Å². The first-order valence-electron chi connectivity index (χ1n) is 7.45. The number of aromatic carboxylic acids is 1. The van der Waals surface area contributed by atoms with Gasteiger partial charge in [0, 0.05) is 5.56 Å². The molecular weight excluding hydrogens is 290 g/mol. The lowest BCUT2D eigenvalue weighted by Crippen LogP contribution is -2.03. The zero-order valence-electron chi connectivity index (χ0n) is 13.0. The van der Waals surface area contributed by atoms with E-state index in [1.54, 1.807) is 4.68 Å². The summed E-state index contributed by atoms with van der Waals surface area (Å²) in [4.78, 5) is 11.5. The quantitative estimate of drug-likeness (QED) is 0.801. The Morgan fingerprint density at radius 3 is 2.52 bits per heavy atom. The van der Waals surface area contributed by atoms with Crippen LogP contribution in [-0.2, 0) is 6.42 Å². The van der Waals surface area contributed by atoms with Crippen molar-refractivity contribution in [1.29, 1.82) is 0 Å². The smallest absolute Gasteiger partial charge is 0.358 e. The maximum atomic E-state index is 11.5. The Balaban J connectivity index is 2.19. The van der Waals surface area contributed by atoms with Gasteiger partial charge in [-0.2, -0.15) is 0 Å². The average molecular weight is 307 g/mol. The van der Waals surface area contributed by atoms with Crippen LogP contribution in [0, 0.1) is 6.92 Å². The molecule has 116 valence electrons. The fourth-order valence-electron chi connectivity index (χ4n) is 2.53. The predicted octanol–water partition coefficient (Wildman–Crippen LogP) is 3.50. The highest BCUT2D eigenvalue weighted by molar-refractivity contribution is 5.93. The van der Waals surface area contributed by atoms with Crippen molar-refractivity contribution in [2.45, 2.75) is 20.3 Å². The summed E-state index contributed by atoms with van der Waals surface area (Å²) in [6.45, 7) is 4.05. The summed E-state index contributed by atoms with van der Waals surface area (Å²) in [5.41, 5.74) is 4.28. The minimum absolute atomic E-state index is 0.0461. The Bertz CT molecular complexity index is 851. The van der Waals surface area contributed by atoms with Crippen LogP contribution in [0.25, 0.3) is 16.9 Å². The third-order valence-electron chi connectivity index (χ3n) is 3.75. The number of aromatic nitrogens is 3. The van der Waals surface area contributed by atoms with Crippen LogP contribution in [-0.4, -0.2) is 26.1 Å². The molecular formula is C18H17N3O2. The van der Waals surface area contributed by atoms with Crippen molar-refractivity contribution in [2.24, 2.45) is 0 Å². The van der Waals surface area contributed by atoms with Gasteiger partial charge in [-0.25, -0.2) is 9.48 Å². The molecule has 5 heteroatoms. The van der Waals surface area contributed by atoms with E-state index in [1.807, 2.05) is 55.5 Å². The summed E-state index contributed by atoms with van der Waals surface area (Å²) in [6, 6.07) is 15.5. The van der Waals surface area contributed by atoms with Crippen molar-refractivity contribution >= 4 is 5.97 Å². The summed E-state index contributed by atoms with van der Waals surface area (Å²) in [5.74, 6) is -1.09. The number of aryl methyl sites for hydroxylation is 2. The molecule has 0 saturated carbocycles. The van der Waals surface area contributed by atoms with Crippen LogP contribution in [0.3, 0.4) is 0 Å². The number of carboxylic acids is 1. The first-order chi connectivity index (χ1) is 11.1. The summed E-state index contributed by atoms with van der Waals surface area (Å²) in [5, 5.41) is 17.3. The monoisotopic (exact) mass is 307 g/mol. The second-order valence-corrected chi connectivity index (χ2v) is 5.39. The highest BCUT2D eigenvalue weighted by Gasteiger charge is 2.21. The average Bonchev–Trinajstić information content (AvgIpc) is 3.00. The van der Waals surface area contributed by atoms with Crippen molar-refractivity contribution in [3.05, 3.63) is 65.4 Å².